The molecule has 1 N–H and O–H groups in total. The molecule has 9 heteroatoms. The minimum atomic E-state index is -4.61. The Morgan fingerprint density at radius 2 is 1.71 bits per heavy atom. The van der Waals surface area contributed by atoms with Gasteiger partial charge in [0.1, 0.15) is 0 Å². The molecule has 0 heterocycles. The van der Waals surface area contributed by atoms with Gasteiger partial charge in [0.05, 0.1) is 31.0 Å². The number of anilines is 1. The predicted molar refractivity (Wildman–Crippen MR) is 94.5 cm³/mol. The van der Waals surface area contributed by atoms with E-state index >= 15 is 0 Å². The van der Waals surface area contributed by atoms with Crippen LogP contribution in [0.4, 0.5) is 18.9 Å². The zero-order valence-electron chi connectivity index (χ0n) is 15.3. The highest BCUT2D eigenvalue weighted by Gasteiger charge is 2.34. The van der Waals surface area contributed by atoms with Crippen LogP contribution >= 0.6 is 0 Å². The summed E-state index contributed by atoms with van der Waals surface area (Å²) in [6.07, 6.45) is -5.75. The Morgan fingerprint density at radius 1 is 1.04 bits per heavy atom. The smallest absolute Gasteiger partial charge is 0.418 e. The highest BCUT2D eigenvalue weighted by Crippen LogP contribution is 2.35. The first kappa shape index (κ1) is 21.1. The molecule has 0 aliphatic heterocycles. The highest BCUT2D eigenvalue weighted by molar-refractivity contribution is 5.95. The zero-order valence-corrected chi connectivity index (χ0v) is 15.3. The van der Waals surface area contributed by atoms with Gasteiger partial charge in [-0.3, -0.25) is 4.79 Å². The fourth-order valence-corrected chi connectivity index (χ4v) is 2.33. The summed E-state index contributed by atoms with van der Waals surface area (Å²) in [7, 11) is 2.57. The van der Waals surface area contributed by atoms with Gasteiger partial charge >= 0.3 is 12.1 Å². The van der Waals surface area contributed by atoms with Crippen LogP contribution in [0.25, 0.3) is 0 Å². The second kappa shape index (κ2) is 8.64. The zero-order chi connectivity index (χ0) is 20.9. The van der Waals surface area contributed by atoms with Crippen molar-refractivity contribution in [1.82, 2.24) is 0 Å². The lowest BCUT2D eigenvalue weighted by Gasteiger charge is -2.19. The number of esters is 1. The van der Waals surface area contributed by atoms with Crippen molar-refractivity contribution in [2.45, 2.75) is 19.2 Å². The molecule has 2 rings (SSSR count). The molecule has 2 aromatic rings. The molecular formula is C19H18F3NO5. The Balaban J connectivity index is 2.16. The molecule has 2 aromatic carbocycles. The number of alkyl halides is 3. The third-order valence-corrected chi connectivity index (χ3v) is 3.75. The van der Waals surface area contributed by atoms with Gasteiger partial charge < -0.3 is 19.5 Å². The molecule has 150 valence electrons. The number of ether oxygens (including phenoxy) is 3. The third kappa shape index (κ3) is 4.93. The lowest BCUT2D eigenvalue weighted by molar-refractivity contribution is -0.137. The van der Waals surface area contributed by atoms with Crippen molar-refractivity contribution in [2.24, 2.45) is 0 Å². The predicted octanol–water partition coefficient (Wildman–Crippen LogP) is 3.91. The maximum atomic E-state index is 13.0. The molecule has 0 radical (unpaired) electrons. The molecule has 1 amide bonds. The summed E-state index contributed by atoms with van der Waals surface area (Å²) >= 11 is 0. The summed E-state index contributed by atoms with van der Waals surface area (Å²) in [4.78, 5) is 23.9. The average Bonchev–Trinajstić information content (AvgIpc) is 2.67. The van der Waals surface area contributed by atoms with Crippen molar-refractivity contribution in [2.75, 3.05) is 19.5 Å². The van der Waals surface area contributed by atoms with Crippen molar-refractivity contribution in [3.63, 3.8) is 0 Å². The van der Waals surface area contributed by atoms with Crippen molar-refractivity contribution >= 4 is 17.6 Å². The molecule has 0 aliphatic rings. The largest absolute Gasteiger partial charge is 0.493 e. The number of hydrogen-bond donors (Lipinski definition) is 1. The number of carbonyl (C=O) groups excluding carboxylic acids is 2. The van der Waals surface area contributed by atoms with E-state index in [-0.39, 0.29) is 22.7 Å². The number of para-hydroxylation sites is 1. The van der Waals surface area contributed by atoms with E-state index in [2.05, 4.69) is 10.1 Å². The molecule has 28 heavy (non-hydrogen) atoms. The molecule has 0 unspecified atom stereocenters. The van der Waals surface area contributed by atoms with E-state index in [1.807, 2.05) is 0 Å². The van der Waals surface area contributed by atoms with Crippen molar-refractivity contribution in [3.8, 4) is 11.5 Å². The first-order valence-corrected chi connectivity index (χ1v) is 8.07. The van der Waals surface area contributed by atoms with Gasteiger partial charge in [0.15, 0.2) is 17.6 Å². The molecule has 0 fully saturated rings. The van der Waals surface area contributed by atoms with Crippen LogP contribution in [0.2, 0.25) is 0 Å². The van der Waals surface area contributed by atoms with Crippen molar-refractivity contribution < 1.29 is 37.0 Å². The average molecular weight is 397 g/mol. The van der Waals surface area contributed by atoms with E-state index in [4.69, 9.17) is 9.47 Å². The van der Waals surface area contributed by atoms with Crippen molar-refractivity contribution in [1.29, 1.82) is 0 Å². The van der Waals surface area contributed by atoms with Gasteiger partial charge in [0, 0.05) is 0 Å². The second-order valence-electron chi connectivity index (χ2n) is 5.65. The molecule has 0 saturated carbocycles. The number of hydrogen-bond acceptors (Lipinski definition) is 5. The molecule has 0 saturated heterocycles. The van der Waals surface area contributed by atoms with Crippen molar-refractivity contribution in [3.05, 3.63) is 53.6 Å². The van der Waals surface area contributed by atoms with Gasteiger partial charge in [-0.2, -0.15) is 13.2 Å². The summed E-state index contributed by atoms with van der Waals surface area (Å²) in [6, 6.07) is 8.81. The lowest BCUT2D eigenvalue weighted by atomic mass is 10.1. The number of rotatable bonds is 6. The van der Waals surface area contributed by atoms with Gasteiger partial charge in [0.25, 0.3) is 5.91 Å². The lowest BCUT2D eigenvalue weighted by Crippen LogP contribution is -2.31. The van der Waals surface area contributed by atoms with Crippen LogP contribution in [0, 0.1) is 0 Å². The molecule has 0 aliphatic carbocycles. The van der Waals surface area contributed by atoms with Crippen LogP contribution in [-0.2, 0) is 15.7 Å². The number of halogens is 3. The normalized spacial score (nSPS) is 12.1. The second-order valence-corrected chi connectivity index (χ2v) is 5.65. The van der Waals surface area contributed by atoms with Gasteiger partial charge in [-0.05, 0) is 37.3 Å². The van der Waals surface area contributed by atoms with Gasteiger partial charge in [-0.15, -0.1) is 0 Å². The Kier molecular flexibility index (Phi) is 6.50. The number of nitrogens with one attached hydrogen (secondary N) is 1. The molecule has 1 atom stereocenters. The van der Waals surface area contributed by atoms with E-state index in [1.54, 1.807) is 0 Å². The molecule has 0 spiro atoms. The SMILES string of the molecule is COC(=O)c1ccc(O[C@H](C)C(=O)Nc2ccccc2C(F)(F)F)c(OC)c1. The minimum absolute atomic E-state index is 0.141. The summed E-state index contributed by atoms with van der Waals surface area (Å²) in [5.74, 6) is -1.06. The monoisotopic (exact) mass is 397 g/mol. The minimum Gasteiger partial charge on any atom is -0.493 e. The molecule has 0 aromatic heterocycles. The maximum Gasteiger partial charge on any atom is 0.418 e. The topological polar surface area (TPSA) is 73.9 Å². The van der Waals surface area contributed by atoms with E-state index in [9.17, 15) is 22.8 Å². The molecule has 0 bridgehead atoms. The number of carbonyl (C=O) groups is 2. The van der Waals surface area contributed by atoms with Gasteiger partial charge in [-0.1, -0.05) is 12.1 Å². The summed E-state index contributed by atoms with van der Waals surface area (Å²) < 4.78 is 54.4. The number of methoxy groups -OCH3 is 2. The van der Waals surface area contributed by atoms with Gasteiger partial charge in [0.2, 0.25) is 0 Å². The fraction of sp³-hybridized carbons (Fsp3) is 0.263. The third-order valence-electron chi connectivity index (χ3n) is 3.75. The highest BCUT2D eigenvalue weighted by atomic mass is 19.4. The Labute approximate surface area is 159 Å². The number of amides is 1. The van der Waals surface area contributed by atoms with Crippen LogP contribution in [0.1, 0.15) is 22.8 Å². The van der Waals surface area contributed by atoms with Crippen LogP contribution in [0.5, 0.6) is 11.5 Å². The summed E-state index contributed by atoms with van der Waals surface area (Å²) in [5, 5.41) is 2.21. The maximum absolute atomic E-state index is 13.0. The van der Waals surface area contributed by atoms with E-state index in [1.165, 1.54) is 51.5 Å². The quantitative estimate of drug-likeness (QED) is 0.749. The van der Waals surface area contributed by atoms with Crippen LogP contribution in [-0.4, -0.2) is 32.2 Å². The Bertz CT molecular complexity index is 867. The number of benzene rings is 2. The van der Waals surface area contributed by atoms with E-state index in [0.717, 1.165) is 12.1 Å². The summed E-state index contributed by atoms with van der Waals surface area (Å²) in [5.41, 5.74) is -1.12. The first-order valence-electron chi connectivity index (χ1n) is 8.07. The summed E-state index contributed by atoms with van der Waals surface area (Å²) in [6.45, 7) is 1.37. The van der Waals surface area contributed by atoms with Gasteiger partial charge in [-0.25, -0.2) is 4.79 Å². The van der Waals surface area contributed by atoms with Crippen LogP contribution in [0.3, 0.4) is 0 Å². The standard InChI is InChI=1S/C19H18F3NO5/c1-11(17(24)23-14-7-5-4-6-13(14)19(20,21)22)28-15-9-8-12(18(25)27-3)10-16(15)26-2/h4-11H,1-3H3,(H,23,24)/t11-/m1/s1. The molecule has 6 nitrogen and oxygen atoms in total. The Hall–Kier alpha value is -3.23. The van der Waals surface area contributed by atoms with Crippen LogP contribution in [0.15, 0.2) is 42.5 Å². The van der Waals surface area contributed by atoms with E-state index < -0.39 is 29.7 Å². The first-order chi connectivity index (χ1) is 13.2. The Morgan fingerprint density at radius 3 is 2.32 bits per heavy atom. The molecular weight excluding hydrogens is 379 g/mol. The van der Waals surface area contributed by atoms with Crippen LogP contribution < -0.4 is 14.8 Å². The fourth-order valence-electron chi connectivity index (χ4n) is 2.33. The van der Waals surface area contributed by atoms with E-state index in [0.29, 0.717) is 0 Å².